The maximum Gasteiger partial charge on any atom is 0.239 e. The van der Waals surface area contributed by atoms with Crippen LogP contribution in [0.25, 0.3) is 0 Å². The topological polar surface area (TPSA) is 67.4 Å². The van der Waals surface area contributed by atoms with Crippen molar-refractivity contribution >= 4 is 23.4 Å². The van der Waals surface area contributed by atoms with E-state index in [1.165, 1.54) is 6.92 Å². The summed E-state index contributed by atoms with van der Waals surface area (Å²) in [5.74, 6) is 0.152. The molecule has 0 aromatic heterocycles. The van der Waals surface area contributed by atoms with Crippen molar-refractivity contribution in [3.63, 3.8) is 0 Å². The van der Waals surface area contributed by atoms with E-state index in [1.807, 2.05) is 6.92 Å². The fourth-order valence-electron chi connectivity index (χ4n) is 1.43. The Morgan fingerprint density at radius 2 is 2.05 bits per heavy atom. The van der Waals surface area contributed by atoms with Crippen LogP contribution in [-0.2, 0) is 16.1 Å². The van der Waals surface area contributed by atoms with Gasteiger partial charge >= 0.3 is 0 Å². The van der Waals surface area contributed by atoms with Crippen molar-refractivity contribution in [2.45, 2.75) is 20.4 Å². The zero-order chi connectivity index (χ0) is 14.3. The number of benzene rings is 1. The molecule has 0 aliphatic carbocycles. The molecule has 5 nitrogen and oxygen atoms in total. The van der Waals surface area contributed by atoms with E-state index in [2.05, 4.69) is 10.6 Å². The van der Waals surface area contributed by atoms with Gasteiger partial charge in [0, 0.05) is 24.1 Å². The Morgan fingerprint density at radius 3 is 2.68 bits per heavy atom. The Labute approximate surface area is 117 Å². The molecular weight excluding hydrogens is 268 g/mol. The van der Waals surface area contributed by atoms with E-state index >= 15 is 0 Å². The van der Waals surface area contributed by atoms with Crippen LogP contribution in [0.5, 0.6) is 5.75 Å². The van der Waals surface area contributed by atoms with E-state index in [0.29, 0.717) is 23.9 Å². The first-order valence-corrected chi connectivity index (χ1v) is 6.33. The Morgan fingerprint density at radius 1 is 1.32 bits per heavy atom. The average molecular weight is 285 g/mol. The Balaban J connectivity index is 2.56. The van der Waals surface area contributed by atoms with Gasteiger partial charge in [-0.3, -0.25) is 9.59 Å². The zero-order valence-electron chi connectivity index (χ0n) is 11.0. The standard InChI is InChI=1S/C13H17ClN2O3/c1-3-19-12-6-11(14)5-4-10(12)7-16-13(18)8-15-9(2)17/h4-6H,3,7-8H2,1-2H3,(H,15,17)(H,16,18). The molecule has 2 N–H and O–H groups in total. The maximum absolute atomic E-state index is 11.5. The van der Waals surface area contributed by atoms with Gasteiger partial charge in [-0.15, -0.1) is 0 Å². The molecule has 0 radical (unpaired) electrons. The second-order valence-corrected chi connectivity index (χ2v) is 4.31. The van der Waals surface area contributed by atoms with Crippen LogP contribution in [-0.4, -0.2) is 25.0 Å². The van der Waals surface area contributed by atoms with Crippen LogP contribution in [0.2, 0.25) is 5.02 Å². The van der Waals surface area contributed by atoms with Crippen molar-refractivity contribution in [1.82, 2.24) is 10.6 Å². The molecule has 0 unspecified atom stereocenters. The first-order valence-electron chi connectivity index (χ1n) is 5.95. The van der Waals surface area contributed by atoms with Crippen LogP contribution >= 0.6 is 11.6 Å². The Bertz CT molecular complexity index is 463. The summed E-state index contributed by atoms with van der Waals surface area (Å²) in [6.45, 7) is 4.05. The minimum absolute atomic E-state index is 0.0348. The molecule has 0 spiro atoms. The first-order chi connectivity index (χ1) is 9.02. The van der Waals surface area contributed by atoms with Crippen LogP contribution in [0.1, 0.15) is 19.4 Å². The molecule has 1 aromatic rings. The summed E-state index contributed by atoms with van der Waals surface area (Å²) in [5.41, 5.74) is 0.836. The second kappa shape index (κ2) is 7.63. The van der Waals surface area contributed by atoms with Crippen LogP contribution in [0.3, 0.4) is 0 Å². The van der Waals surface area contributed by atoms with Crippen LogP contribution in [0.4, 0.5) is 0 Å². The fraction of sp³-hybridized carbons (Fsp3) is 0.385. The number of amides is 2. The molecule has 2 amide bonds. The molecule has 0 fully saturated rings. The number of halogens is 1. The summed E-state index contributed by atoms with van der Waals surface area (Å²) in [6, 6.07) is 5.24. The average Bonchev–Trinajstić information content (AvgIpc) is 2.35. The summed E-state index contributed by atoms with van der Waals surface area (Å²) in [5, 5.41) is 5.70. The maximum atomic E-state index is 11.5. The highest BCUT2D eigenvalue weighted by Gasteiger charge is 2.07. The number of carbonyl (C=O) groups is 2. The van der Waals surface area contributed by atoms with Gasteiger partial charge in [0.2, 0.25) is 11.8 Å². The summed E-state index contributed by atoms with van der Waals surface area (Å²) >= 11 is 5.89. The van der Waals surface area contributed by atoms with Gasteiger partial charge < -0.3 is 15.4 Å². The quantitative estimate of drug-likeness (QED) is 0.832. The third kappa shape index (κ3) is 5.61. The second-order valence-electron chi connectivity index (χ2n) is 3.87. The van der Waals surface area contributed by atoms with E-state index in [0.717, 1.165) is 5.56 Å². The van der Waals surface area contributed by atoms with E-state index in [9.17, 15) is 9.59 Å². The Kier molecular flexibility index (Phi) is 6.15. The van der Waals surface area contributed by atoms with Gasteiger partial charge in [0.05, 0.1) is 13.2 Å². The SMILES string of the molecule is CCOc1cc(Cl)ccc1CNC(=O)CNC(C)=O. The fourth-order valence-corrected chi connectivity index (χ4v) is 1.59. The van der Waals surface area contributed by atoms with Gasteiger partial charge in [-0.25, -0.2) is 0 Å². The molecule has 19 heavy (non-hydrogen) atoms. The Hall–Kier alpha value is -1.75. The molecule has 1 rings (SSSR count). The van der Waals surface area contributed by atoms with E-state index in [4.69, 9.17) is 16.3 Å². The van der Waals surface area contributed by atoms with Crippen LogP contribution in [0, 0.1) is 0 Å². The first kappa shape index (κ1) is 15.3. The molecule has 1 aromatic carbocycles. The minimum Gasteiger partial charge on any atom is -0.493 e. The summed E-state index contributed by atoms with van der Waals surface area (Å²) in [7, 11) is 0. The normalized spacial score (nSPS) is 9.84. The van der Waals surface area contributed by atoms with Gasteiger partial charge in [-0.1, -0.05) is 17.7 Å². The molecule has 0 heterocycles. The van der Waals surface area contributed by atoms with Gasteiger partial charge in [0.15, 0.2) is 0 Å². The van der Waals surface area contributed by atoms with Crippen LogP contribution < -0.4 is 15.4 Å². The molecule has 0 atom stereocenters. The van der Waals surface area contributed by atoms with Gasteiger partial charge in [-0.2, -0.15) is 0 Å². The summed E-state index contributed by atoms with van der Waals surface area (Å²) in [6.07, 6.45) is 0. The zero-order valence-corrected chi connectivity index (χ0v) is 11.7. The van der Waals surface area contributed by atoms with Crippen molar-refractivity contribution in [3.05, 3.63) is 28.8 Å². The van der Waals surface area contributed by atoms with Crippen molar-refractivity contribution in [2.75, 3.05) is 13.2 Å². The molecule has 6 heteroatoms. The molecule has 0 saturated heterocycles. The molecular formula is C13H17ClN2O3. The monoisotopic (exact) mass is 284 g/mol. The lowest BCUT2D eigenvalue weighted by molar-refractivity contribution is -0.125. The summed E-state index contributed by atoms with van der Waals surface area (Å²) < 4.78 is 5.44. The molecule has 0 aliphatic rings. The number of rotatable bonds is 6. The third-order valence-corrected chi connectivity index (χ3v) is 2.54. The lowest BCUT2D eigenvalue weighted by Crippen LogP contribution is -2.35. The third-order valence-electron chi connectivity index (χ3n) is 2.30. The number of ether oxygens (including phenoxy) is 1. The van der Waals surface area contributed by atoms with Crippen molar-refractivity contribution < 1.29 is 14.3 Å². The van der Waals surface area contributed by atoms with Crippen molar-refractivity contribution in [2.24, 2.45) is 0 Å². The minimum atomic E-state index is -0.257. The molecule has 0 bridgehead atoms. The number of carbonyl (C=O) groups excluding carboxylic acids is 2. The number of hydrogen-bond acceptors (Lipinski definition) is 3. The summed E-state index contributed by atoms with van der Waals surface area (Å²) in [4.78, 5) is 22.1. The molecule has 0 saturated carbocycles. The molecule has 104 valence electrons. The lowest BCUT2D eigenvalue weighted by atomic mass is 10.2. The highest BCUT2D eigenvalue weighted by molar-refractivity contribution is 6.30. The largest absolute Gasteiger partial charge is 0.493 e. The highest BCUT2D eigenvalue weighted by Crippen LogP contribution is 2.23. The van der Waals surface area contributed by atoms with E-state index < -0.39 is 0 Å². The predicted octanol–water partition coefficient (Wildman–Crippen LogP) is 1.49. The lowest BCUT2D eigenvalue weighted by Gasteiger charge is -2.11. The van der Waals surface area contributed by atoms with Gasteiger partial charge in [-0.05, 0) is 19.1 Å². The number of hydrogen-bond donors (Lipinski definition) is 2. The van der Waals surface area contributed by atoms with E-state index in [-0.39, 0.29) is 18.4 Å². The highest BCUT2D eigenvalue weighted by atomic mass is 35.5. The van der Waals surface area contributed by atoms with E-state index in [1.54, 1.807) is 18.2 Å². The van der Waals surface area contributed by atoms with Crippen LogP contribution in [0.15, 0.2) is 18.2 Å². The van der Waals surface area contributed by atoms with Gasteiger partial charge in [0.1, 0.15) is 5.75 Å². The van der Waals surface area contributed by atoms with Crippen molar-refractivity contribution in [3.8, 4) is 5.75 Å². The van der Waals surface area contributed by atoms with Crippen molar-refractivity contribution in [1.29, 1.82) is 0 Å². The number of nitrogens with one attached hydrogen (secondary N) is 2. The molecule has 0 aliphatic heterocycles. The van der Waals surface area contributed by atoms with Gasteiger partial charge in [0.25, 0.3) is 0 Å². The predicted molar refractivity (Wildman–Crippen MR) is 73.2 cm³/mol. The smallest absolute Gasteiger partial charge is 0.239 e.